The van der Waals surface area contributed by atoms with E-state index in [1.165, 1.54) is 0 Å². The molecule has 3 N–H and O–H groups in total. The van der Waals surface area contributed by atoms with Crippen LogP contribution in [0.4, 0.5) is 34.9 Å². The molecule has 1 heterocycles. The molecular weight excluding hydrogens is 428 g/mol. The molecule has 4 aromatic rings. The summed E-state index contributed by atoms with van der Waals surface area (Å²) in [6.45, 7) is 0. The van der Waals surface area contributed by atoms with E-state index in [0.717, 1.165) is 28.6 Å². The lowest BCUT2D eigenvalue weighted by Crippen LogP contribution is -2.07. The van der Waals surface area contributed by atoms with Crippen LogP contribution in [0.15, 0.2) is 72.8 Å². The maximum atomic E-state index is 6.10. The Labute approximate surface area is 190 Å². The zero-order chi connectivity index (χ0) is 22.3. The molecule has 1 aromatic heterocycles. The van der Waals surface area contributed by atoms with Gasteiger partial charge in [0.2, 0.25) is 17.8 Å². The van der Waals surface area contributed by atoms with Crippen LogP contribution in [0.2, 0.25) is 5.02 Å². The van der Waals surface area contributed by atoms with Gasteiger partial charge in [0.15, 0.2) is 0 Å². The van der Waals surface area contributed by atoms with E-state index in [0.29, 0.717) is 22.9 Å². The van der Waals surface area contributed by atoms with E-state index in [1.807, 2.05) is 60.7 Å². The minimum atomic E-state index is 0.345. The van der Waals surface area contributed by atoms with Gasteiger partial charge in [0.25, 0.3) is 0 Å². The van der Waals surface area contributed by atoms with E-state index in [4.69, 9.17) is 21.1 Å². The number of aromatic nitrogens is 3. The number of ether oxygens (including phenoxy) is 2. The van der Waals surface area contributed by atoms with Crippen molar-refractivity contribution < 1.29 is 9.47 Å². The SMILES string of the molecule is COc1cccc(Nc2nc(Nc3cccc(Cl)c3)nc(Nc3cccc(OC)c3)n2)c1. The standard InChI is InChI=1S/C23H21ClN6O2/c1-31-19-10-4-8-17(13-19)26-22-28-21(25-16-7-3-6-15(24)12-16)29-23(30-22)27-18-9-5-11-20(14-18)32-2/h3-14H,1-2H3,(H3,25,26,27,28,29,30). The minimum Gasteiger partial charge on any atom is -0.497 e. The molecule has 9 heteroatoms. The highest BCUT2D eigenvalue weighted by Crippen LogP contribution is 2.25. The molecule has 0 saturated heterocycles. The van der Waals surface area contributed by atoms with Crippen molar-refractivity contribution in [3.05, 3.63) is 77.8 Å². The molecule has 3 aromatic carbocycles. The smallest absolute Gasteiger partial charge is 0.233 e. The van der Waals surface area contributed by atoms with Gasteiger partial charge in [-0.1, -0.05) is 29.8 Å². The summed E-state index contributed by atoms with van der Waals surface area (Å²) in [5, 5.41) is 10.2. The first-order valence-corrected chi connectivity index (χ1v) is 10.1. The van der Waals surface area contributed by atoms with Gasteiger partial charge in [0.05, 0.1) is 14.2 Å². The number of benzene rings is 3. The van der Waals surface area contributed by atoms with Crippen molar-refractivity contribution in [1.29, 1.82) is 0 Å². The molecule has 0 amide bonds. The zero-order valence-electron chi connectivity index (χ0n) is 17.5. The molecule has 0 aliphatic rings. The van der Waals surface area contributed by atoms with Crippen molar-refractivity contribution in [3.8, 4) is 11.5 Å². The molecule has 32 heavy (non-hydrogen) atoms. The van der Waals surface area contributed by atoms with Gasteiger partial charge in [-0.3, -0.25) is 0 Å². The number of methoxy groups -OCH3 is 2. The van der Waals surface area contributed by atoms with Crippen LogP contribution in [0.25, 0.3) is 0 Å². The van der Waals surface area contributed by atoms with Gasteiger partial charge in [-0.2, -0.15) is 15.0 Å². The first-order chi connectivity index (χ1) is 15.6. The Morgan fingerprint density at radius 1 is 0.594 bits per heavy atom. The fraction of sp³-hybridized carbons (Fsp3) is 0.0870. The summed E-state index contributed by atoms with van der Waals surface area (Å²) in [7, 11) is 3.23. The van der Waals surface area contributed by atoms with Crippen LogP contribution >= 0.6 is 11.6 Å². The lowest BCUT2D eigenvalue weighted by atomic mass is 10.3. The van der Waals surface area contributed by atoms with E-state index in [1.54, 1.807) is 26.4 Å². The summed E-state index contributed by atoms with van der Waals surface area (Å²) >= 11 is 6.10. The topological polar surface area (TPSA) is 93.2 Å². The lowest BCUT2D eigenvalue weighted by Gasteiger charge is -2.12. The number of rotatable bonds is 8. The van der Waals surface area contributed by atoms with Gasteiger partial charge >= 0.3 is 0 Å². The second kappa shape index (κ2) is 9.84. The van der Waals surface area contributed by atoms with Gasteiger partial charge < -0.3 is 25.4 Å². The van der Waals surface area contributed by atoms with Gasteiger partial charge in [0.1, 0.15) is 11.5 Å². The highest BCUT2D eigenvalue weighted by molar-refractivity contribution is 6.30. The highest BCUT2D eigenvalue weighted by atomic mass is 35.5. The van der Waals surface area contributed by atoms with E-state index < -0.39 is 0 Å². The number of anilines is 6. The molecule has 0 aliphatic carbocycles. The molecule has 0 aliphatic heterocycles. The minimum absolute atomic E-state index is 0.345. The van der Waals surface area contributed by atoms with Crippen LogP contribution in [0, 0.1) is 0 Å². The number of nitrogens with one attached hydrogen (secondary N) is 3. The second-order valence-corrected chi connectivity index (χ2v) is 7.09. The largest absolute Gasteiger partial charge is 0.497 e. The Hall–Kier alpha value is -4.04. The van der Waals surface area contributed by atoms with E-state index in [-0.39, 0.29) is 0 Å². The molecule has 162 valence electrons. The Kier molecular flexibility index (Phi) is 6.52. The molecule has 0 unspecified atom stereocenters. The quantitative estimate of drug-likeness (QED) is 0.312. The maximum absolute atomic E-state index is 6.10. The Morgan fingerprint density at radius 3 is 1.41 bits per heavy atom. The molecular formula is C23H21ClN6O2. The summed E-state index contributed by atoms with van der Waals surface area (Å²) in [6.07, 6.45) is 0. The molecule has 0 spiro atoms. The Morgan fingerprint density at radius 2 is 1.00 bits per heavy atom. The van der Waals surface area contributed by atoms with Crippen molar-refractivity contribution in [1.82, 2.24) is 15.0 Å². The molecule has 0 atom stereocenters. The van der Waals surface area contributed by atoms with Crippen molar-refractivity contribution in [2.24, 2.45) is 0 Å². The van der Waals surface area contributed by atoms with Crippen LogP contribution in [-0.2, 0) is 0 Å². The molecule has 8 nitrogen and oxygen atoms in total. The zero-order valence-corrected chi connectivity index (χ0v) is 18.2. The summed E-state index contributed by atoms with van der Waals surface area (Å²) in [5.74, 6) is 2.48. The third-order valence-corrected chi connectivity index (χ3v) is 4.60. The monoisotopic (exact) mass is 448 g/mol. The predicted octanol–water partition coefficient (Wildman–Crippen LogP) is 5.77. The first-order valence-electron chi connectivity index (χ1n) is 9.72. The summed E-state index contributed by atoms with van der Waals surface area (Å²) < 4.78 is 10.6. The average Bonchev–Trinajstić information content (AvgIpc) is 2.79. The van der Waals surface area contributed by atoms with Gasteiger partial charge in [-0.05, 0) is 42.5 Å². The van der Waals surface area contributed by atoms with Crippen LogP contribution in [0.1, 0.15) is 0 Å². The summed E-state index contributed by atoms with van der Waals surface area (Å²) in [5.41, 5.74) is 2.30. The Balaban J connectivity index is 1.66. The molecule has 0 bridgehead atoms. The molecule has 0 radical (unpaired) electrons. The van der Waals surface area contributed by atoms with Crippen molar-refractivity contribution in [2.75, 3.05) is 30.2 Å². The number of nitrogens with zero attached hydrogens (tertiary/aromatic N) is 3. The summed E-state index contributed by atoms with van der Waals surface area (Å²) in [6, 6.07) is 22.3. The van der Waals surface area contributed by atoms with Crippen LogP contribution < -0.4 is 25.4 Å². The lowest BCUT2D eigenvalue weighted by molar-refractivity contribution is 0.415. The third-order valence-electron chi connectivity index (χ3n) is 4.37. The summed E-state index contributed by atoms with van der Waals surface area (Å²) in [4.78, 5) is 13.5. The van der Waals surface area contributed by atoms with Crippen molar-refractivity contribution in [3.63, 3.8) is 0 Å². The number of hydrogen-bond donors (Lipinski definition) is 3. The third kappa shape index (κ3) is 5.55. The number of hydrogen-bond acceptors (Lipinski definition) is 8. The molecule has 0 fully saturated rings. The molecule has 4 rings (SSSR count). The van der Waals surface area contributed by atoms with E-state index in [2.05, 4.69) is 30.9 Å². The fourth-order valence-electron chi connectivity index (χ4n) is 2.90. The predicted molar refractivity (Wildman–Crippen MR) is 127 cm³/mol. The highest BCUT2D eigenvalue weighted by Gasteiger charge is 2.09. The average molecular weight is 449 g/mol. The Bertz CT molecular complexity index is 1150. The van der Waals surface area contributed by atoms with Crippen molar-refractivity contribution in [2.45, 2.75) is 0 Å². The van der Waals surface area contributed by atoms with E-state index in [9.17, 15) is 0 Å². The molecule has 0 saturated carbocycles. The van der Waals surface area contributed by atoms with E-state index >= 15 is 0 Å². The number of halogens is 1. The van der Waals surface area contributed by atoms with Gasteiger partial charge in [-0.25, -0.2) is 0 Å². The van der Waals surface area contributed by atoms with Crippen molar-refractivity contribution >= 4 is 46.5 Å². The van der Waals surface area contributed by atoms with Gasteiger partial charge in [0, 0.05) is 34.2 Å². The van der Waals surface area contributed by atoms with Crippen LogP contribution in [0.3, 0.4) is 0 Å². The van der Waals surface area contributed by atoms with Crippen LogP contribution in [-0.4, -0.2) is 29.2 Å². The fourth-order valence-corrected chi connectivity index (χ4v) is 3.09. The second-order valence-electron chi connectivity index (χ2n) is 6.66. The van der Waals surface area contributed by atoms with Crippen LogP contribution in [0.5, 0.6) is 11.5 Å². The maximum Gasteiger partial charge on any atom is 0.233 e. The first kappa shape index (κ1) is 21.2. The van der Waals surface area contributed by atoms with Gasteiger partial charge in [-0.15, -0.1) is 0 Å². The normalized spacial score (nSPS) is 10.3.